The van der Waals surface area contributed by atoms with E-state index in [9.17, 15) is 24.2 Å². The van der Waals surface area contributed by atoms with E-state index in [1.54, 1.807) is 18.2 Å². The van der Waals surface area contributed by atoms with Crippen LogP contribution in [0, 0.1) is 15.4 Å². The maximum atomic E-state index is 13.7. The molecule has 41 heavy (non-hydrogen) atoms. The standard InChI is InChI=1S/C27H26BrFN4O6S2/c1-30-22(34)19(23(35)31(2)26(30)40)18(20-24(36)32(3)27(41)33(4)25(20)37)14-10-16(28)21(17(11-14)38-5)39-12-13-7-6-8-15(29)9-13/h6-11,18,34,36H,12H2,1-5H3. The minimum Gasteiger partial charge on any atom is -0.494 e. The molecule has 0 spiro atoms. The molecule has 4 rings (SSSR count). The van der Waals surface area contributed by atoms with E-state index in [1.807, 2.05) is 0 Å². The molecular formula is C27H26BrFN4O6S2. The summed E-state index contributed by atoms with van der Waals surface area (Å²) in [6.07, 6.45) is 0. The summed E-state index contributed by atoms with van der Waals surface area (Å²) in [7, 11) is 7.23. The number of hydrogen-bond donors (Lipinski definition) is 2. The Bertz CT molecular complexity index is 1850. The van der Waals surface area contributed by atoms with Crippen LogP contribution in [0.5, 0.6) is 23.3 Å². The molecule has 0 fully saturated rings. The number of ether oxygens (including phenoxy) is 2. The van der Waals surface area contributed by atoms with Crippen molar-refractivity contribution in [2.24, 2.45) is 28.2 Å². The van der Waals surface area contributed by atoms with E-state index in [-0.39, 0.29) is 38.8 Å². The minimum atomic E-state index is -1.31. The average molecular weight is 666 g/mol. The molecule has 0 saturated carbocycles. The fourth-order valence-electron chi connectivity index (χ4n) is 4.53. The van der Waals surface area contributed by atoms with Crippen molar-refractivity contribution in [3.05, 3.63) is 99.2 Å². The molecule has 216 valence electrons. The topological polar surface area (TPSA) is 113 Å². The lowest BCUT2D eigenvalue weighted by Crippen LogP contribution is -2.33. The molecule has 0 radical (unpaired) electrons. The maximum Gasteiger partial charge on any atom is 0.262 e. The Morgan fingerprint density at radius 1 is 0.902 bits per heavy atom. The van der Waals surface area contributed by atoms with Crippen molar-refractivity contribution in [2.45, 2.75) is 12.5 Å². The summed E-state index contributed by atoms with van der Waals surface area (Å²) < 4.78 is 30.4. The molecule has 0 saturated heterocycles. The number of aromatic nitrogens is 4. The lowest BCUT2D eigenvalue weighted by molar-refractivity contribution is 0.282. The quantitative estimate of drug-likeness (QED) is 0.281. The molecule has 0 aliphatic heterocycles. The van der Waals surface area contributed by atoms with E-state index in [1.165, 1.54) is 62.6 Å². The van der Waals surface area contributed by atoms with Gasteiger partial charge in [-0.05, 0) is 75.8 Å². The third-order valence-corrected chi connectivity index (χ3v) is 8.45. The van der Waals surface area contributed by atoms with E-state index >= 15 is 0 Å². The van der Waals surface area contributed by atoms with Gasteiger partial charge in [-0.15, -0.1) is 0 Å². The first-order valence-corrected chi connectivity index (χ1v) is 13.6. The Morgan fingerprint density at radius 3 is 1.93 bits per heavy atom. The van der Waals surface area contributed by atoms with Crippen LogP contribution in [-0.2, 0) is 34.8 Å². The molecule has 4 aromatic rings. The molecule has 14 heteroatoms. The van der Waals surface area contributed by atoms with Crippen molar-refractivity contribution in [3.63, 3.8) is 0 Å². The second-order valence-corrected chi connectivity index (χ2v) is 10.9. The van der Waals surface area contributed by atoms with E-state index < -0.39 is 34.6 Å². The second kappa shape index (κ2) is 11.6. The predicted molar refractivity (Wildman–Crippen MR) is 159 cm³/mol. The molecular weight excluding hydrogens is 639 g/mol. The van der Waals surface area contributed by atoms with Crippen molar-refractivity contribution in [1.82, 2.24) is 18.3 Å². The van der Waals surface area contributed by atoms with E-state index in [4.69, 9.17) is 33.9 Å². The molecule has 0 unspecified atom stereocenters. The minimum absolute atomic E-state index is 0.0183. The summed E-state index contributed by atoms with van der Waals surface area (Å²) in [6.45, 7) is 0.0183. The van der Waals surface area contributed by atoms with Gasteiger partial charge in [0, 0.05) is 28.2 Å². The fraction of sp³-hybridized carbons (Fsp3) is 0.259. The summed E-state index contributed by atoms with van der Waals surface area (Å²) >= 11 is 14.0. The Balaban J connectivity index is 2.03. The van der Waals surface area contributed by atoms with Gasteiger partial charge in [-0.2, -0.15) is 0 Å². The number of methoxy groups -OCH3 is 1. The Morgan fingerprint density at radius 2 is 1.44 bits per heavy atom. The Labute approximate surface area is 252 Å². The van der Waals surface area contributed by atoms with Crippen LogP contribution in [0.25, 0.3) is 0 Å². The zero-order valence-electron chi connectivity index (χ0n) is 22.6. The van der Waals surface area contributed by atoms with Gasteiger partial charge < -0.3 is 19.7 Å². The van der Waals surface area contributed by atoms with Crippen molar-refractivity contribution in [3.8, 4) is 23.3 Å². The van der Waals surface area contributed by atoms with Crippen LogP contribution in [0.15, 0.2) is 50.5 Å². The molecule has 2 heterocycles. The smallest absolute Gasteiger partial charge is 0.262 e. The van der Waals surface area contributed by atoms with Gasteiger partial charge in [0.2, 0.25) is 11.8 Å². The molecule has 0 aliphatic carbocycles. The van der Waals surface area contributed by atoms with E-state index in [0.29, 0.717) is 15.6 Å². The van der Waals surface area contributed by atoms with Crippen LogP contribution in [0.2, 0.25) is 0 Å². The maximum absolute atomic E-state index is 13.7. The van der Waals surface area contributed by atoms with Crippen molar-refractivity contribution in [1.29, 1.82) is 0 Å². The highest BCUT2D eigenvalue weighted by molar-refractivity contribution is 9.10. The van der Waals surface area contributed by atoms with Crippen LogP contribution in [0.3, 0.4) is 0 Å². The highest BCUT2D eigenvalue weighted by atomic mass is 79.9. The number of hydrogen-bond acceptors (Lipinski definition) is 8. The fourth-order valence-corrected chi connectivity index (χ4v) is 5.44. The SMILES string of the molecule is COc1cc(C(c2c(O)n(C)c(=S)n(C)c2=O)c2c(O)n(C)c(=S)n(C)c2=O)cc(Br)c1OCc1cccc(F)c1. The van der Waals surface area contributed by atoms with Gasteiger partial charge in [-0.3, -0.25) is 27.9 Å². The third kappa shape index (κ3) is 5.34. The summed E-state index contributed by atoms with van der Waals surface area (Å²) in [4.78, 5) is 27.2. The zero-order valence-corrected chi connectivity index (χ0v) is 25.9. The highest BCUT2D eigenvalue weighted by Crippen LogP contribution is 2.44. The molecule has 2 N–H and O–H groups in total. The van der Waals surface area contributed by atoms with Crippen LogP contribution in [-0.4, -0.2) is 35.6 Å². The first-order valence-electron chi connectivity index (χ1n) is 12.0. The largest absolute Gasteiger partial charge is 0.494 e. The predicted octanol–water partition coefficient (Wildman–Crippen LogP) is 4.30. The van der Waals surface area contributed by atoms with Crippen LogP contribution in [0.1, 0.15) is 28.2 Å². The van der Waals surface area contributed by atoms with Crippen LogP contribution < -0.4 is 20.6 Å². The Kier molecular flexibility index (Phi) is 8.57. The number of rotatable bonds is 7. The van der Waals surface area contributed by atoms with Gasteiger partial charge in [0.15, 0.2) is 21.0 Å². The molecule has 0 atom stereocenters. The molecule has 10 nitrogen and oxygen atoms in total. The lowest BCUT2D eigenvalue weighted by Gasteiger charge is -2.24. The van der Waals surface area contributed by atoms with Crippen LogP contribution >= 0.6 is 40.4 Å². The van der Waals surface area contributed by atoms with Gasteiger partial charge in [0.1, 0.15) is 12.4 Å². The number of benzene rings is 2. The third-order valence-electron chi connectivity index (χ3n) is 6.77. The molecule has 2 aromatic carbocycles. The summed E-state index contributed by atoms with van der Waals surface area (Å²) in [5, 5.41) is 22.4. The molecule has 2 aromatic heterocycles. The first kappa shape index (κ1) is 30.2. The van der Waals surface area contributed by atoms with Crippen LogP contribution in [0.4, 0.5) is 4.39 Å². The monoisotopic (exact) mass is 664 g/mol. The Hall–Kier alpha value is -3.75. The van der Waals surface area contributed by atoms with Gasteiger partial charge in [-0.1, -0.05) is 12.1 Å². The van der Waals surface area contributed by atoms with Gasteiger partial charge in [-0.25, -0.2) is 4.39 Å². The van der Waals surface area contributed by atoms with Crippen molar-refractivity contribution >= 4 is 40.4 Å². The van der Waals surface area contributed by atoms with E-state index in [2.05, 4.69) is 15.9 Å². The number of aromatic hydroxyl groups is 2. The highest BCUT2D eigenvalue weighted by Gasteiger charge is 2.33. The van der Waals surface area contributed by atoms with Gasteiger partial charge >= 0.3 is 0 Å². The van der Waals surface area contributed by atoms with Gasteiger partial charge in [0.05, 0.1) is 28.6 Å². The molecule has 0 amide bonds. The number of halogens is 2. The molecule has 0 bridgehead atoms. The average Bonchev–Trinajstić information content (AvgIpc) is 2.95. The van der Waals surface area contributed by atoms with E-state index in [0.717, 1.165) is 9.13 Å². The zero-order chi connectivity index (χ0) is 30.3. The summed E-state index contributed by atoms with van der Waals surface area (Å²) in [5.41, 5.74) is -0.907. The normalized spacial score (nSPS) is 11.2. The molecule has 0 aliphatic rings. The van der Waals surface area contributed by atoms with Crippen molar-refractivity contribution < 1.29 is 24.1 Å². The summed E-state index contributed by atoms with van der Waals surface area (Å²) in [6, 6.07) is 9.04. The number of nitrogens with zero attached hydrogens (tertiary/aromatic N) is 4. The first-order chi connectivity index (χ1) is 19.3. The van der Waals surface area contributed by atoms with Crippen molar-refractivity contribution in [2.75, 3.05) is 7.11 Å². The summed E-state index contributed by atoms with van der Waals surface area (Å²) in [5.74, 6) is -2.22. The van der Waals surface area contributed by atoms with Gasteiger partial charge in [0.25, 0.3) is 11.1 Å². The lowest BCUT2D eigenvalue weighted by atomic mass is 9.86. The second-order valence-electron chi connectivity index (χ2n) is 9.27.